The van der Waals surface area contributed by atoms with Gasteiger partial charge in [0.15, 0.2) is 5.76 Å². The smallest absolute Gasteiger partial charge is 0.311 e. The molecule has 0 radical (unpaired) electrons. The summed E-state index contributed by atoms with van der Waals surface area (Å²) in [6.07, 6.45) is -1.33. The monoisotopic (exact) mass is 491 g/mol. The van der Waals surface area contributed by atoms with Gasteiger partial charge >= 0.3 is 11.9 Å². The molecule has 1 N–H and O–H groups in total. The zero-order valence-corrected chi connectivity index (χ0v) is 19.6. The fourth-order valence-electron chi connectivity index (χ4n) is 3.97. The van der Waals surface area contributed by atoms with Crippen LogP contribution in [0.25, 0.3) is 22.5 Å². The van der Waals surface area contributed by atoms with Gasteiger partial charge in [0, 0.05) is 11.1 Å². The number of aliphatic carboxylic acids is 1. The summed E-state index contributed by atoms with van der Waals surface area (Å²) in [6.45, 7) is 3.11. The summed E-state index contributed by atoms with van der Waals surface area (Å²) >= 11 is 0. The van der Waals surface area contributed by atoms with Crippen LogP contribution in [-0.2, 0) is 27.2 Å². The number of carbonyl (C=O) groups is 2. The second kappa shape index (κ2) is 10.5. The van der Waals surface area contributed by atoms with E-state index >= 15 is 0 Å². The maximum Gasteiger partial charge on any atom is 0.311 e. The largest absolute Gasteiger partial charge is 0.481 e. The second-order valence-electron chi connectivity index (χ2n) is 8.36. The highest BCUT2D eigenvalue weighted by Crippen LogP contribution is 2.30. The van der Waals surface area contributed by atoms with Gasteiger partial charge in [0.1, 0.15) is 17.7 Å². The van der Waals surface area contributed by atoms with Crippen molar-refractivity contribution in [1.29, 1.82) is 0 Å². The molecule has 0 saturated heterocycles. The highest BCUT2D eigenvalue weighted by atomic mass is 19.1. The zero-order valence-electron chi connectivity index (χ0n) is 19.6. The van der Waals surface area contributed by atoms with Crippen LogP contribution in [-0.4, -0.2) is 22.2 Å². The quantitative estimate of drug-likeness (QED) is 0.301. The molecule has 1 heterocycles. The van der Waals surface area contributed by atoms with E-state index < -0.39 is 29.7 Å². The third kappa shape index (κ3) is 5.49. The molecule has 0 saturated carbocycles. The van der Waals surface area contributed by atoms with Gasteiger partial charge in [-0.2, -0.15) is 0 Å². The van der Waals surface area contributed by atoms with Crippen molar-refractivity contribution in [3.05, 3.63) is 101 Å². The Kier molecular flexibility index (Phi) is 7.24. The number of rotatable bonds is 8. The fraction of sp³-hybridized carbons (Fsp3) is 0.179. The molecule has 0 fully saturated rings. The van der Waals surface area contributed by atoms with Crippen molar-refractivity contribution in [1.82, 2.24) is 5.16 Å². The van der Waals surface area contributed by atoms with E-state index in [2.05, 4.69) is 5.16 Å². The predicted molar refractivity (Wildman–Crippen MR) is 128 cm³/mol. The lowest BCUT2D eigenvalue weighted by Crippen LogP contribution is -2.14. The number of ether oxygens (including phenoxy) is 1. The summed E-state index contributed by atoms with van der Waals surface area (Å²) in [6, 6.07) is 18.1. The minimum atomic E-state index is -1.11. The van der Waals surface area contributed by atoms with Crippen LogP contribution in [0.2, 0.25) is 0 Å². The number of carboxylic acid groups (broad SMARTS) is 1. The molecule has 8 heteroatoms. The van der Waals surface area contributed by atoms with Crippen LogP contribution in [0, 0.1) is 18.6 Å². The number of hydrogen-bond donors (Lipinski definition) is 1. The Bertz CT molecular complexity index is 1370. The maximum atomic E-state index is 14.0. The first-order chi connectivity index (χ1) is 17.2. The third-order valence-corrected chi connectivity index (χ3v) is 5.81. The summed E-state index contributed by atoms with van der Waals surface area (Å²) in [7, 11) is 0. The molecule has 1 aromatic heterocycles. The van der Waals surface area contributed by atoms with Crippen LogP contribution < -0.4 is 0 Å². The average Bonchev–Trinajstić information content (AvgIpc) is 3.19. The van der Waals surface area contributed by atoms with Crippen molar-refractivity contribution >= 4 is 11.9 Å². The summed E-state index contributed by atoms with van der Waals surface area (Å²) in [5.74, 6) is -2.72. The standard InChI is InChI=1S/C28H23F2NO5/c1-16-22(15-26(34)35-17(2)27-23(29)4-3-5-24(27)30)28(36-31-16)21-12-10-20(11-13-21)19-8-6-18(7-9-19)14-25(32)33/h3-13,17H,14-15H2,1-2H3,(H,32,33). The van der Waals surface area contributed by atoms with Gasteiger partial charge in [-0.3, -0.25) is 9.59 Å². The molecule has 0 spiro atoms. The van der Waals surface area contributed by atoms with Crippen LogP contribution in [0.5, 0.6) is 0 Å². The Hall–Kier alpha value is -4.33. The minimum Gasteiger partial charge on any atom is -0.481 e. The van der Waals surface area contributed by atoms with E-state index in [-0.39, 0.29) is 18.4 Å². The van der Waals surface area contributed by atoms with Crippen molar-refractivity contribution in [3.8, 4) is 22.5 Å². The molecule has 184 valence electrons. The molecule has 0 bridgehead atoms. The van der Waals surface area contributed by atoms with Gasteiger partial charge in [0.2, 0.25) is 0 Å². The summed E-state index contributed by atoms with van der Waals surface area (Å²) in [5, 5.41) is 12.9. The number of carbonyl (C=O) groups excluding carboxylic acids is 1. The fourth-order valence-corrected chi connectivity index (χ4v) is 3.97. The van der Waals surface area contributed by atoms with Crippen LogP contribution in [0.15, 0.2) is 71.3 Å². The molecule has 1 atom stereocenters. The minimum absolute atomic E-state index is 0.0384. The first-order valence-corrected chi connectivity index (χ1v) is 11.2. The van der Waals surface area contributed by atoms with Gasteiger partial charge in [-0.05, 0) is 42.7 Å². The van der Waals surface area contributed by atoms with Crippen LogP contribution >= 0.6 is 0 Å². The number of halogens is 2. The van der Waals surface area contributed by atoms with E-state index in [1.54, 1.807) is 19.1 Å². The number of carboxylic acids is 1. The molecule has 4 aromatic rings. The Morgan fingerprint density at radius 3 is 2.06 bits per heavy atom. The van der Waals surface area contributed by atoms with Gasteiger partial charge in [0.05, 0.1) is 24.1 Å². The van der Waals surface area contributed by atoms with Crippen molar-refractivity contribution < 1.29 is 32.7 Å². The van der Waals surface area contributed by atoms with E-state index in [0.717, 1.165) is 23.3 Å². The Morgan fingerprint density at radius 1 is 0.917 bits per heavy atom. The van der Waals surface area contributed by atoms with E-state index in [0.29, 0.717) is 28.1 Å². The number of aromatic nitrogens is 1. The molecule has 0 aliphatic rings. The number of nitrogens with zero attached hydrogens (tertiary/aromatic N) is 1. The van der Waals surface area contributed by atoms with Crippen molar-refractivity contribution in [2.45, 2.75) is 32.8 Å². The SMILES string of the molecule is Cc1noc(-c2ccc(-c3ccc(CC(=O)O)cc3)cc2)c1CC(=O)OC(C)c1c(F)cccc1F. The van der Waals surface area contributed by atoms with Gasteiger partial charge < -0.3 is 14.4 Å². The number of benzene rings is 3. The van der Waals surface area contributed by atoms with Crippen molar-refractivity contribution in [2.75, 3.05) is 0 Å². The Balaban J connectivity index is 1.49. The second-order valence-corrected chi connectivity index (χ2v) is 8.36. The molecule has 0 amide bonds. The topological polar surface area (TPSA) is 89.6 Å². The van der Waals surface area contributed by atoms with E-state index in [9.17, 15) is 18.4 Å². The van der Waals surface area contributed by atoms with E-state index in [1.807, 2.05) is 36.4 Å². The normalized spacial score (nSPS) is 11.8. The molecule has 1 unspecified atom stereocenters. The first kappa shape index (κ1) is 24.8. The van der Waals surface area contributed by atoms with Gasteiger partial charge in [-0.15, -0.1) is 0 Å². The van der Waals surface area contributed by atoms with Crippen LogP contribution in [0.3, 0.4) is 0 Å². The van der Waals surface area contributed by atoms with E-state index in [4.69, 9.17) is 14.4 Å². The highest BCUT2D eigenvalue weighted by Gasteiger charge is 2.23. The highest BCUT2D eigenvalue weighted by molar-refractivity contribution is 5.78. The molecule has 6 nitrogen and oxygen atoms in total. The Morgan fingerprint density at radius 2 is 1.47 bits per heavy atom. The summed E-state index contributed by atoms with van der Waals surface area (Å²) in [5.41, 5.74) is 3.96. The summed E-state index contributed by atoms with van der Waals surface area (Å²) in [4.78, 5) is 23.5. The van der Waals surface area contributed by atoms with Crippen LogP contribution in [0.1, 0.15) is 35.4 Å². The van der Waals surface area contributed by atoms with Crippen molar-refractivity contribution in [3.63, 3.8) is 0 Å². The number of esters is 1. The lowest BCUT2D eigenvalue weighted by atomic mass is 9.99. The molecule has 4 rings (SSSR count). The summed E-state index contributed by atoms with van der Waals surface area (Å²) < 4.78 is 38.8. The maximum absolute atomic E-state index is 14.0. The van der Waals surface area contributed by atoms with E-state index in [1.165, 1.54) is 13.0 Å². The Labute approximate surface area is 206 Å². The lowest BCUT2D eigenvalue weighted by molar-refractivity contribution is -0.148. The molecule has 0 aliphatic heterocycles. The number of hydrogen-bond acceptors (Lipinski definition) is 5. The van der Waals surface area contributed by atoms with Crippen molar-refractivity contribution in [2.24, 2.45) is 0 Å². The zero-order chi connectivity index (χ0) is 25.8. The average molecular weight is 491 g/mol. The first-order valence-electron chi connectivity index (χ1n) is 11.2. The predicted octanol–water partition coefficient (Wildman–Crippen LogP) is 6.07. The van der Waals surface area contributed by atoms with Gasteiger partial charge in [-0.25, -0.2) is 8.78 Å². The molecular weight excluding hydrogens is 468 g/mol. The number of aryl methyl sites for hydroxylation is 1. The molecular formula is C28H23F2NO5. The van der Waals surface area contributed by atoms with Gasteiger partial charge in [-0.1, -0.05) is 59.8 Å². The van der Waals surface area contributed by atoms with Crippen LogP contribution in [0.4, 0.5) is 8.78 Å². The lowest BCUT2D eigenvalue weighted by Gasteiger charge is -2.15. The third-order valence-electron chi connectivity index (χ3n) is 5.81. The molecule has 36 heavy (non-hydrogen) atoms. The van der Waals surface area contributed by atoms with Gasteiger partial charge in [0.25, 0.3) is 0 Å². The molecule has 0 aliphatic carbocycles. The molecule has 3 aromatic carbocycles.